The quantitative estimate of drug-likeness (QED) is 0.446. The average molecular weight is 330 g/mol. The highest BCUT2D eigenvalue weighted by atomic mass is 31.2. The second kappa shape index (κ2) is 10.8. The Balaban J connectivity index is 2.30. The van der Waals surface area contributed by atoms with Gasteiger partial charge in [-0.3, -0.25) is 4.52 Å². The van der Waals surface area contributed by atoms with Crippen molar-refractivity contribution < 1.29 is 23.6 Å². The van der Waals surface area contributed by atoms with Crippen molar-refractivity contribution in [2.75, 3.05) is 13.2 Å². The summed E-state index contributed by atoms with van der Waals surface area (Å²) in [6.45, 7) is 2.21. The van der Waals surface area contributed by atoms with Crippen LogP contribution in [0.5, 0.6) is 5.75 Å². The number of hydrogen-bond donors (Lipinski definition) is 2. The SMILES string of the molecule is CCCCCCCCc1ccccc1OCCOP(=O)(O)O. The number of phosphoric acid groups is 1. The Morgan fingerprint density at radius 1 is 1.00 bits per heavy atom. The van der Waals surface area contributed by atoms with Crippen molar-refractivity contribution in [1.29, 1.82) is 0 Å². The monoisotopic (exact) mass is 330 g/mol. The second-order valence-electron chi connectivity index (χ2n) is 5.30. The minimum atomic E-state index is -4.41. The van der Waals surface area contributed by atoms with Gasteiger partial charge in [-0.15, -0.1) is 0 Å². The van der Waals surface area contributed by atoms with E-state index in [2.05, 4.69) is 11.4 Å². The third kappa shape index (κ3) is 9.21. The predicted octanol–water partition coefficient (Wildman–Crippen LogP) is 4.08. The molecule has 1 aromatic rings. The van der Waals surface area contributed by atoms with Gasteiger partial charge in [0.1, 0.15) is 12.4 Å². The van der Waals surface area contributed by atoms with E-state index in [0.717, 1.165) is 24.2 Å². The molecular formula is C16H27O5P. The third-order valence-electron chi connectivity index (χ3n) is 3.37. The van der Waals surface area contributed by atoms with E-state index in [0.29, 0.717) is 0 Å². The third-order valence-corrected chi connectivity index (χ3v) is 3.89. The van der Waals surface area contributed by atoms with Crippen LogP contribution in [0.1, 0.15) is 51.0 Å². The van der Waals surface area contributed by atoms with E-state index in [1.54, 1.807) is 0 Å². The zero-order valence-corrected chi connectivity index (χ0v) is 14.1. The van der Waals surface area contributed by atoms with Gasteiger partial charge in [0.15, 0.2) is 0 Å². The molecule has 0 unspecified atom stereocenters. The fourth-order valence-electron chi connectivity index (χ4n) is 2.25. The number of hydrogen-bond acceptors (Lipinski definition) is 3. The number of para-hydroxylation sites is 1. The van der Waals surface area contributed by atoms with Gasteiger partial charge < -0.3 is 14.5 Å². The molecule has 1 rings (SSSR count). The Bertz CT molecular complexity index is 458. The van der Waals surface area contributed by atoms with Crippen LogP contribution >= 0.6 is 7.82 Å². The Morgan fingerprint density at radius 3 is 2.41 bits per heavy atom. The van der Waals surface area contributed by atoms with Crippen molar-refractivity contribution >= 4 is 7.82 Å². The molecule has 0 radical (unpaired) electrons. The van der Waals surface area contributed by atoms with Gasteiger partial charge in [0.05, 0.1) is 6.61 Å². The minimum absolute atomic E-state index is 0.124. The van der Waals surface area contributed by atoms with Gasteiger partial charge in [-0.25, -0.2) is 4.57 Å². The zero-order valence-electron chi connectivity index (χ0n) is 13.2. The van der Waals surface area contributed by atoms with Gasteiger partial charge in [-0.05, 0) is 24.5 Å². The smallest absolute Gasteiger partial charge is 0.469 e. The van der Waals surface area contributed by atoms with Gasteiger partial charge in [0.2, 0.25) is 0 Å². The molecule has 6 heteroatoms. The zero-order chi connectivity index (χ0) is 16.3. The molecule has 0 atom stereocenters. The van der Waals surface area contributed by atoms with Crippen molar-refractivity contribution in [3.63, 3.8) is 0 Å². The van der Waals surface area contributed by atoms with E-state index >= 15 is 0 Å². The number of ether oxygens (including phenoxy) is 1. The lowest BCUT2D eigenvalue weighted by Gasteiger charge is -2.12. The Hall–Kier alpha value is -0.870. The maximum absolute atomic E-state index is 10.6. The number of aryl methyl sites for hydroxylation is 1. The van der Waals surface area contributed by atoms with E-state index in [1.807, 2.05) is 24.3 Å². The van der Waals surface area contributed by atoms with Crippen LogP contribution in [0.3, 0.4) is 0 Å². The average Bonchev–Trinajstić information content (AvgIpc) is 2.47. The molecule has 2 N–H and O–H groups in total. The molecule has 0 saturated heterocycles. The van der Waals surface area contributed by atoms with Gasteiger partial charge in [-0.2, -0.15) is 0 Å². The molecule has 126 valence electrons. The largest absolute Gasteiger partial charge is 0.491 e. The molecule has 0 heterocycles. The summed E-state index contributed by atoms with van der Waals surface area (Å²) < 4.78 is 20.5. The van der Waals surface area contributed by atoms with E-state index in [-0.39, 0.29) is 13.2 Å². The van der Waals surface area contributed by atoms with Gasteiger partial charge in [0, 0.05) is 0 Å². The Kier molecular flexibility index (Phi) is 9.41. The first kappa shape index (κ1) is 19.2. The van der Waals surface area contributed by atoms with Crippen LogP contribution < -0.4 is 4.74 Å². The standard InChI is InChI=1S/C16H27O5P/c1-2-3-4-5-6-7-10-15-11-8-9-12-16(15)20-13-14-21-22(17,18)19/h8-9,11-12H,2-7,10,13-14H2,1H3,(H2,17,18,19). The summed E-state index contributed by atoms with van der Waals surface area (Å²) in [5.41, 5.74) is 1.13. The van der Waals surface area contributed by atoms with Crippen LogP contribution in [0.25, 0.3) is 0 Å². The van der Waals surface area contributed by atoms with E-state index in [9.17, 15) is 4.57 Å². The van der Waals surface area contributed by atoms with Crippen molar-refractivity contribution in [1.82, 2.24) is 0 Å². The van der Waals surface area contributed by atoms with Gasteiger partial charge >= 0.3 is 7.82 Å². The summed E-state index contributed by atoms with van der Waals surface area (Å²) in [6, 6.07) is 7.78. The summed E-state index contributed by atoms with van der Waals surface area (Å²) in [6.07, 6.45) is 8.44. The van der Waals surface area contributed by atoms with Crippen molar-refractivity contribution in [2.24, 2.45) is 0 Å². The number of benzene rings is 1. The summed E-state index contributed by atoms with van der Waals surface area (Å²) in [5.74, 6) is 0.769. The number of rotatable bonds is 12. The summed E-state index contributed by atoms with van der Waals surface area (Å²) in [7, 11) is -4.41. The first-order chi connectivity index (χ1) is 10.5. The van der Waals surface area contributed by atoms with Crippen LogP contribution in [0, 0.1) is 0 Å². The van der Waals surface area contributed by atoms with Crippen LogP contribution in [-0.4, -0.2) is 23.0 Å². The molecule has 0 aliphatic heterocycles. The fourth-order valence-corrected chi connectivity index (χ4v) is 2.57. The number of unbranched alkanes of at least 4 members (excludes halogenated alkanes) is 5. The van der Waals surface area contributed by atoms with E-state index in [1.165, 1.54) is 32.1 Å². The maximum atomic E-state index is 10.6. The second-order valence-corrected chi connectivity index (χ2v) is 6.54. The van der Waals surface area contributed by atoms with Crippen molar-refractivity contribution in [3.05, 3.63) is 29.8 Å². The summed E-state index contributed by atoms with van der Waals surface area (Å²) in [4.78, 5) is 17.2. The topological polar surface area (TPSA) is 76.0 Å². The molecule has 0 fully saturated rings. The molecule has 0 aliphatic rings. The molecular weight excluding hydrogens is 303 g/mol. The molecule has 5 nitrogen and oxygen atoms in total. The van der Waals surface area contributed by atoms with Crippen LogP contribution in [0.2, 0.25) is 0 Å². The van der Waals surface area contributed by atoms with Gasteiger partial charge in [-0.1, -0.05) is 57.2 Å². The van der Waals surface area contributed by atoms with E-state index < -0.39 is 7.82 Å². The normalized spacial score (nSPS) is 11.6. The highest BCUT2D eigenvalue weighted by Gasteiger charge is 2.13. The Morgan fingerprint density at radius 2 is 1.68 bits per heavy atom. The molecule has 0 bridgehead atoms. The molecule has 0 aromatic heterocycles. The lowest BCUT2D eigenvalue weighted by atomic mass is 10.0. The first-order valence-electron chi connectivity index (χ1n) is 7.93. The Labute approximate surface area is 132 Å². The van der Waals surface area contributed by atoms with Gasteiger partial charge in [0.25, 0.3) is 0 Å². The summed E-state index contributed by atoms with van der Waals surface area (Å²) >= 11 is 0. The highest BCUT2D eigenvalue weighted by Crippen LogP contribution is 2.35. The molecule has 0 aliphatic carbocycles. The molecule has 1 aromatic carbocycles. The van der Waals surface area contributed by atoms with Crippen molar-refractivity contribution in [2.45, 2.75) is 51.9 Å². The lowest BCUT2D eigenvalue weighted by Crippen LogP contribution is -2.06. The fraction of sp³-hybridized carbons (Fsp3) is 0.625. The van der Waals surface area contributed by atoms with Crippen LogP contribution in [0.4, 0.5) is 0 Å². The highest BCUT2D eigenvalue weighted by molar-refractivity contribution is 7.46. The predicted molar refractivity (Wildman–Crippen MR) is 87.0 cm³/mol. The molecule has 0 amide bonds. The van der Waals surface area contributed by atoms with Crippen LogP contribution in [0.15, 0.2) is 24.3 Å². The molecule has 0 spiro atoms. The molecule has 22 heavy (non-hydrogen) atoms. The lowest BCUT2D eigenvalue weighted by molar-refractivity contribution is 0.160. The first-order valence-corrected chi connectivity index (χ1v) is 9.46. The maximum Gasteiger partial charge on any atom is 0.469 e. The van der Waals surface area contributed by atoms with Crippen molar-refractivity contribution in [3.8, 4) is 5.75 Å². The molecule has 0 saturated carbocycles. The van der Waals surface area contributed by atoms with E-state index in [4.69, 9.17) is 14.5 Å². The minimum Gasteiger partial charge on any atom is -0.491 e. The summed E-state index contributed by atoms with van der Waals surface area (Å²) in [5, 5.41) is 0. The number of phosphoric ester groups is 1. The van der Waals surface area contributed by atoms with Crippen LogP contribution in [-0.2, 0) is 15.5 Å².